The summed E-state index contributed by atoms with van der Waals surface area (Å²) >= 11 is 0. The van der Waals surface area contributed by atoms with Gasteiger partial charge >= 0.3 is 0 Å². The van der Waals surface area contributed by atoms with Crippen LogP contribution >= 0.6 is 0 Å². The molecule has 1 heteroatoms. The summed E-state index contributed by atoms with van der Waals surface area (Å²) in [7, 11) is 0. The van der Waals surface area contributed by atoms with Crippen molar-refractivity contribution in [3.63, 3.8) is 0 Å². The zero-order valence-electron chi connectivity index (χ0n) is 7.34. The first-order valence-electron chi connectivity index (χ1n) is 4.90. The Labute approximate surface area is 68.8 Å². The van der Waals surface area contributed by atoms with Crippen molar-refractivity contribution in [3.05, 3.63) is 0 Å². The highest BCUT2D eigenvalue weighted by Crippen LogP contribution is 2.52. The molecule has 0 amide bonds. The zero-order valence-corrected chi connectivity index (χ0v) is 7.34. The molecule has 11 heavy (non-hydrogen) atoms. The van der Waals surface area contributed by atoms with Gasteiger partial charge in [-0.3, -0.25) is 0 Å². The molecule has 0 aliphatic heterocycles. The third-order valence-electron chi connectivity index (χ3n) is 3.60. The number of hydrogen-bond acceptors (Lipinski definition) is 1. The molecule has 0 bridgehead atoms. The molecule has 0 heterocycles. The molecule has 64 valence electrons. The van der Waals surface area contributed by atoms with E-state index in [9.17, 15) is 5.11 Å². The first kappa shape index (κ1) is 7.60. The smallest absolute Gasteiger partial charge is 0.0621 e. The lowest BCUT2D eigenvalue weighted by atomic mass is 9.89. The summed E-state index contributed by atoms with van der Waals surface area (Å²) in [5, 5.41) is 9.95. The lowest BCUT2D eigenvalue weighted by Gasteiger charge is -2.23. The quantitative estimate of drug-likeness (QED) is 0.647. The first-order chi connectivity index (χ1) is 5.22. The van der Waals surface area contributed by atoms with Crippen LogP contribution < -0.4 is 0 Å². The van der Waals surface area contributed by atoms with E-state index in [0.29, 0.717) is 11.3 Å². The average molecular weight is 154 g/mol. The Kier molecular flexibility index (Phi) is 1.71. The SMILES string of the molecule is CC1(C(O)C2CCCC2)CC1. The second-order valence-corrected chi connectivity index (χ2v) is 4.64. The van der Waals surface area contributed by atoms with Crippen LogP contribution in [-0.2, 0) is 0 Å². The number of aliphatic hydroxyl groups is 1. The molecular formula is C10H18O. The number of aliphatic hydroxyl groups excluding tert-OH is 1. The van der Waals surface area contributed by atoms with Gasteiger partial charge in [0.15, 0.2) is 0 Å². The molecule has 2 saturated carbocycles. The molecule has 1 N–H and O–H groups in total. The van der Waals surface area contributed by atoms with Gasteiger partial charge in [0.05, 0.1) is 6.10 Å². The molecule has 0 radical (unpaired) electrons. The number of hydrogen-bond donors (Lipinski definition) is 1. The van der Waals surface area contributed by atoms with Crippen molar-refractivity contribution >= 4 is 0 Å². The highest BCUT2D eigenvalue weighted by atomic mass is 16.3. The van der Waals surface area contributed by atoms with E-state index in [1.807, 2.05) is 0 Å². The minimum absolute atomic E-state index is 0.0185. The standard InChI is InChI=1S/C10H18O/c1-10(6-7-10)9(11)8-4-2-3-5-8/h8-9,11H,2-7H2,1H3. The molecular weight excluding hydrogens is 136 g/mol. The maximum absolute atomic E-state index is 9.95. The van der Waals surface area contributed by atoms with E-state index in [2.05, 4.69) is 6.92 Å². The van der Waals surface area contributed by atoms with Crippen LogP contribution in [0.5, 0.6) is 0 Å². The monoisotopic (exact) mass is 154 g/mol. The zero-order chi connectivity index (χ0) is 7.90. The van der Waals surface area contributed by atoms with Gasteiger partial charge in [0, 0.05) is 0 Å². The Balaban J connectivity index is 1.93. The Morgan fingerprint density at radius 2 is 1.82 bits per heavy atom. The van der Waals surface area contributed by atoms with E-state index >= 15 is 0 Å². The van der Waals surface area contributed by atoms with Gasteiger partial charge in [-0.1, -0.05) is 19.8 Å². The lowest BCUT2D eigenvalue weighted by molar-refractivity contribution is 0.0476. The molecule has 1 nitrogen and oxygen atoms in total. The molecule has 1 unspecified atom stereocenters. The van der Waals surface area contributed by atoms with E-state index < -0.39 is 0 Å². The van der Waals surface area contributed by atoms with E-state index in [0.717, 1.165) is 0 Å². The predicted octanol–water partition coefficient (Wildman–Crippen LogP) is 2.34. The summed E-state index contributed by atoms with van der Waals surface area (Å²) in [6, 6.07) is 0. The van der Waals surface area contributed by atoms with Crippen LogP contribution in [0.2, 0.25) is 0 Å². The maximum atomic E-state index is 9.95. The summed E-state index contributed by atoms with van der Waals surface area (Å²) in [6.07, 6.45) is 7.77. The van der Waals surface area contributed by atoms with Crippen molar-refractivity contribution in [1.82, 2.24) is 0 Å². The fourth-order valence-electron chi connectivity index (χ4n) is 2.34. The van der Waals surface area contributed by atoms with Gasteiger partial charge in [-0.25, -0.2) is 0 Å². The highest BCUT2D eigenvalue weighted by Gasteiger charge is 2.47. The van der Waals surface area contributed by atoms with E-state index in [4.69, 9.17) is 0 Å². The third kappa shape index (κ3) is 1.31. The van der Waals surface area contributed by atoms with Crippen molar-refractivity contribution in [3.8, 4) is 0 Å². The van der Waals surface area contributed by atoms with E-state index in [-0.39, 0.29) is 6.10 Å². The van der Waals surface area contributed by atoms with E-state index in [1.54, 1.807) is 0 Å². The second-order valence-electron chi connectivity index (χ2n) is 4.64. The largest absolute Gasteiger partial charge is 0.392 e. The molecule has 0 aromatic rings. The van der Waals surface area contributed by atoms with Gasteiger partial charge in [-0.05, 0) is 37.0 Å². The van der Waals surface area contributed by atoms with Crippen LogP contribution in [-0.4, -0.2) is 11.2 Å². The summed E-state index contributed by atoms with van der Waals surface area (Å²) in [5.74, 6) is 0.641. The van der Waals surface area contributed by atoms with Gasteiger partial charge in [-0.15, -0.1) is 0 Å². The molecule has 0 aromatic carbocycles. The van der Waals surface area contributed by atoms with E-state index in [1.165, 1.54) is 38.5 Å². The third-order valence-corrected chi connectivity index (χ3v) is 3.60. The number of rotatable bonds is 2. The fourth-order valence-corrected chi connectivity index (χ4v) is 2.34. The minimum atomic E-state index is 0.0185. The average Bonchev–Trinajstić information content (AvgIpc) is 2.54. The summed E-state index contributed by atoms with van der Waals surface area (Å²) in [4.78, 5) is 0. The van der Waals surface area contributed by atoms with Crippen molar-refractivity contribution in [2.45, 2.75) is 51.6 Å². The minimum Gasteiger partial charge on any atom is -0.392 e. The summed E-state index contributed by atoms with van der Waals surface area (Å²) < 4.78 is 0. The van der Waals surface area contributed by atoms with Crippen LogP contribution in [0.1, 0.15) is 45.4 Å². The first-order valence-corrected chi connectivity index (χ1v) is 4.90. The summed E-state index contributed by atoms with van der Waals surface area (Å²) in [6.45, 7) is 2.23. The Morgan fingerprint density at radius 1 is 1.27 bits per heavy atom. The highest BCUT2D eigenvalue weighted by molar-refractivity contribution is 4.98. The Morgan fingerprint density at radius 3 is 2.27 bits per heavy atom. The predicted molar refractivity (Wildman–Crippen MR) is 45.3 cm³/mol. The molecule has 2 fully saturated rings. The molecule has 1 atom stereocenters. The van der Waals surface area contributed by atoms with Gasteiger partial charge in [0.2, 0.25) is 0 Å². The lowest BCUT2D eigenvalue weighted by Crippen LogP contribution is -2.26. The van der Waals surface area contributed by atoms with Crippen LogP contribution in [0, 0.1) is 11.3 Å². The van der Waals surface area contributed by atoms with Crippen LogP contribution in [0.3, 0.4) is 0 Å². The van der Waals surface area contributed by atoms with Crippen molar-refractivity contribution in [1.29, 1.82) is 0 Å². The molecule has 0 aromatic heterocycles. The normalized spacial score (nSPS) is 32.2. The second kappa shape index (κ2) is 2.48. The van der Waals surface area contributed by atoms with Gasteiger partial charge in [0.1, 0.15) is 0 Å². The van der Waals surface area contributed by atoms with Crippen molar-refractivity contribution < 1.29 is 5.11 Å². The maximum Gasteiger partial charge on any atom is 0.0621 e. The van der Waals surface area contributed by atoms with Gasteiger partial charge in [-0.2, -0.15) is 0 Å². The van der Waals surface area contributed by atoms with Gasteiger partial charge < -0.3 is 5.11 Å². The molecule has 2 rings (SSSR count). The molecule has 0 saturated heterocycles. The molecule has 2 aliphatic carbocycles. The van der Waals surface area contributed by atoms with Crippen molar-refractivity contribution in [2.75, 3.05) is 0 Å². The molecule has 0 spiro atoms. The van der Waals surface area contributed by atoms with Gasteiger partial charge in [0.25, 0.3) is 0 Å². The van der Waals surface area contributed by atoms with Crippen molar-refractivity contribution in [2.24, 2.45) is 11.3 Å². The summed E-state index contributed by atoms with van der Waals surface area (Å²) in [5.41, 5.74) is 0.328. The Bertz CT molecular complexity index is 143. The fraction of sp³-hybridized carbons (Fsp3) is 1.00. The topological polar surface area (TPSA) is 20.2 Å². The Hall–Kier alpha value is -0.0400. The van der Waals surface area contributed by atoms with Crippen LogP contribution in [0.4, 0.5) is 0 Å². The van der Waals surface area contributed by atoms with Crippen LogP contribution in [0.15, 0.2) is 0 Å². The van der Waals surface area contributed by atoms with Crippen LogP contribution in [0.25, 0.3) is 0 Å². The molecule has 2 aliphatic rings.